The highest BCUT2D eigenvalue weighted by Gasteiger charge is 2.49. The summed E-state index contributed by atoms with van der Waals surface area (Å²) < 4.78 is 24.4. The van der Waals surface area contributed by atoms with E-state index in [0.717, 1.165) is 4.44 Å². The molecule has 0 aliphatic heterocycles. The Morgan fingerprint density at radius 2 is 1.43 bits per heavy atom. The van der Waals surface area contributed by atoms with Crippen molar-refractivity contribution in [1.29, 1.82) is 5.41 Å². The number of nitrogens with zero attached hydrogens (tertiary/aromatic N) is 1. The van der Waals surface area contributed by atoms with Gasteiger partial charge in [0.15, 0.2) is 11.3 Å². The molecule has 7 heteroatoms. The van der Waals surface area contributed by atoms with Crippen molar-refractivity contribution < 1.29 is 9.13 Å². The van der Waals surface area contributed by atoms with Gasteiger partial charge in [0, 0.05) is 0 Å². The summed E-state index contributed by atoms with van der Waals surface area (Å²) in [4.78, 5) is 0. The number of nitrogens with one attached hydrogen (secondary N) is 1. The van der Waals surface area contributed by atoms with E-state index < -0.39 is 15.9 Å². The van der Waals surface area contributed by atoms with Gasteiger partial charge in [-0.15, -0.1) is 0 Å². The first kappa shape index (κ1) is 13.5. The Balaban J connectivity index is 4.88. The van der Waals surface area contributed by atoms with Gasteiger partial charge in [-0.25, -0.2) is 0 Å². The van der Waals surface area contributed by atoms with Crippen LogP contribution in [0.25, 0.3) is 0 Å². The zero-order valence-corrected chi connectivity index (χ0v) is 10.7. The van der Waals surface area contributed by atoms with Crippen LogP contribution in [0.15, 0.2) is 0 Å². The largest absolute Gasteiger partial charge is 0.509 e. The maximum Gasteiger partial charge on any atom is 0.509 e. The van der Waals surface area contributed by atoms with Crippen molar-refractivity contribution >= 4 is 21.9 Å². The molecule has 0 aliphatic rings. The molecule has 0 rings (SSSR count). The molecule has 0 radical (unpaired) electrons. The van der Waals surface area contributed by atoms with Crippen molar-refractivity contribution in [2.75, 3.05) is 0 Å². The van der Waals surface area contributed by atoms with Crippen LogP contribution in [-0.4, -0.2) is 21.7 Å². The fourth-order valence-electron chi connectivity index (χ4n) is 0.737. The van der Waals surface area contributed by atoms with Crippen molar-refractivity contribution in [3.8, 4) is 0 Å². The van der Waals surface area contributed by atoms with Crippen LogP contribution in [-0.2, 0) is 9.13 Å². The predicted molar refractivity (Wildman–Crippen MR) is 59.2 cm³/mol. The minimum Gasteiger partial charge on any atom is -0.363 e. The van der Waals surface area contributed by atoms with Crippen molar-refractivity contribution in [3.63, 3.8) is 0 Å². The Bertz CT molecular complexity index is 246. The van der Waals surface area contributed by atoms with Crippen LogP contribution in [0.3, 0.4) is 0 Å². The van der Waals surface area contributed by atoms with Crippen molar-refractivity contribution in [2.24, 2.45) is 5.73 Å². The molecule has 0 bridgehead atoms. The van der Waals surface area contributed by atoms with Gasteiger partial charge in [0.25, 0.3) is 5.96 Å². The normalized spacial score (nSPS) is 13.0. The lowest BCUT2D eigenvalue weighted by Gasteiger charge is -2.01. The van der Waals surface area contributed by atoms with Crippen LogP contribution in [0, 0.1) is 5.41 Å². The molecule has 0 saturated carbocycles. The molecule has 0 spiro atoms. The minimum absolute atomic E-state index is 0.161. The van der Waals surface area contributed by atoms with Crippen molar-refractivity contribution in [3.05, 3.63) is 0 Å². The third-order valence-electron chi connectivity index (χ3n) is 1.47. The van der Waals surface area contributed by atoms with E-state index in [4.69, 9.17) is 11.1 Å². The molecule has 0 saturated heterocycles. The standard InChI is InChI=1S/C7H17N3O2P2/c1-5(2)13(11)10(7(8)9)14(12)6(3)4/h5-6H,1-4H3,(H3,8,9)/q+2. The van der Waals surface area contributed by atoms with Gasteiger partial charge in [0.1, 0.15) is 0 Å². The van der Waals surface area contributed by atoms with Gasteiger partial charge in [-0.1, -0.05) is 0 Å². The first-order chi connectivity index (χ1) is 6.29. The van der Waals surface area contributed by atoms with E-state index in [1.54, 1.807) is 27.7 Å². The summed E-state index contributed by atoms with van der Waals surface area (Å²) in [6, 6.07) is 0. The van der Waals surface area contributed by atoms with E-state index in [1.165, 1.54) is 0 Å². The lowest BCUT2D eigenvalue weighted by atomic mass is 10.6. The smallest absolute Gasteiger partial charge is 0.363 e. The monoisotopic (exact) mass is 237 g/mol. The molecule has 0 amide bonds. The average Bonchev–Trinajstić information content (AvgIpc) is 2.03. The van der Waals surface area contributed by atoms with Gasteiger partial charge >= 0.3 is 15.9 Å². The molecule has 0 aliphatic carbocycles. The predicted octanol–water partition coefficient (Wildman–Crippen LogP) is 2.48. The first-order valence-corrected chi connectivity index (χ1v) is 6.92. The number of rotatable bonds is 4. The molecule has 2 unspecified atom stereocenters. The maximum atomic E-state index is 11.7. The van der Waals surface area contributed by atoms with Gasteiger partial charge in [0.2, 0.25) is 0 Å². The molecule has 2 atom stereocenters. The van der Waals surface area contributed by atoms with Gasteiger partial charge in [-0.2, -0.15) is 0 Å². The number of hydrogen-bond donors (Lipinski definition) is 2. The third kappa shape index (κ3) is 3.32. The SMILES string of the molecule is CC(C)[P+](=O)N(C(=N)N)[P+](=O)C(C)C. The number of guanidine groups is 1. The second-order valence-electron chi connectivity index (χ2n) is 3.47. The Labute approximate surface area is 86.2 Å². The first-order valence-electron chi connectivity index (χ1n) is 4.35. The van der Waals surface area contributed by atoms with Gasteiger partial charge in [0.05, 0.1) is 4.44 Å². The van der Waals surface area contributed by atoms with Gasteiger partial charge in [-0.3, -0.25) is 5.41 Å². The summed E-state index contributed by atoms with van der Waals surface area (Å²) in [7, 11) is -3.73. The van der Waals surface area contributed by atoms with Gasteiger partial charge in [-0.05, 0) is 36.8 Å². The maximum absolute atomic E-state index is 11.7. The zero-order chi connectivity index (χ0) is 11.5. The second-order valence-corrected chi connectivity index (χ2v) is 7.86. The summed E-state index contributed by atoms with van der Waals surface area (Å²) in [5.41, 5.74) is 4.93. The molecular weight excluding hydrogens is 220 g/mol. The summed E-state index contributed by atoms with van der Waals surface area (Å²) >= 11 is 0. The van der Waals surface area contributed by atoms with E-state index in [2.05, 4.69) is 0 Å². The molecule has 80 valence electrons. The Kier molecular flexibility index (Phi) is 5.17. The summed E-state index contributed by atoms with van der Waals surface area (Å²) in [5, 5.41) is 7.24. The summed E-state index contributed by atoms with van der Waals surface area (Å²) in [6.45, 7) is 6.99. The summed E-state index contributed by atoms with van der Waals surface area (Å²) in [6.07, 6.45) is 0. The van der Waals surface area contributed by atoms with Crippen LogP contribution >= 0.6 is 15.9 Å². The van der Waals surface area contributed by atoms with Crippen LogP contribution in [0.5, 0.6) is 0 Å². The molecule has 0 heterocycles. The number of hydrogen-bond acceptors (Lipinski definition) is 3. The van der Waals surface area contributed by atoms with E-state index in [9.17, 15) is 9.13 Å². The quantitative estimate of drug-likeness (QED) is 0.446. The van der Waals surface area contributed by atoms with Crippen LogP contribution in [0.1, 0.15) is 27.7 Å². The molecule has 0 fully saturated rings. The highest BCUT2D eigenvalue weighted by Crippen LogP contribution is 2.47. The highest BCUT2D eigenvalue weighted by molar-refractivity contribution is 7.59. The van der Waals surface area contributed by atoms with Crippen molar-refractivity contribution in [2.45, 2.75) is 39.0 Å². The Morgan fingerprint density at radius 3 is 1.57 bits per heavy atom. The van der Waals surface area contributed by atoms with Crippen LogP contribution in [0.2, 0.25) is 0 Å². The fraction of sp³-hybridized carbons (Fsp3) is 0.857. The second kappa shape index (κ2) is 5.38. The minimum atomic E-state index is -1.86. The van der Waals surface area contributed by atoms with Crippen molar-refractivity contribution in [1.82, 2.24) is 4.44 Å². The molecule has 0 aromatic carbocycles. The molecule has 3 N–H and O–H groups in total. The molecular formula is C7H17N3O2P2+2. The van der Waals surface area contributed by atoms with E-state index in [1.807, 2.05) is 0 Å². The van der Waals surface area contributed by atoms with E-state index in [-0.39, 0.29) is 17.3 Å². The lowest BCUT2D eigenvalue weighted by molar-refractivity contribution is 0.546. The van der Waals surface area contributed by atoms with Crippen LogP contribution < -0.4 is 5.73 Å². The average molecular weight is 237 g/mol. The Hall–Kier alpha value is -0.530. The molecule has 14 heavy (non-hydrogen) atoms. The highest BCUT2D eigenvalue weighted by atomic mass is 31.2. The lowest BCUT2D eigenvalue weighted by Crippen LogP contribution is -2.28. The van der Waals surface area contributed by atoms with Gasteiger partial charge < -0.3 is 5.73 Å². The topological polar surface area (TPSA) is 87.2 Å². The zero-order valence-electron chi connectivity index (χ0n) is 8.89. The summed E-state index contributed by atoms with van der Waals surface area (Å²) in [5.74, 6) is -0.380. The van der Waals surface area contributed by atoms with Crippen LogP contribution in [0.4, 0.5) is 0 Å². The fourth-order valence-corrected chi connectivity index (χ4v) is 3.97. The van der Waals surface area contributed by atoms with E-state index in [0.29, 0.717) is 0 Å². The van der Waals surface area contributed by atoms with E-state index >= 15 is 0 Å². The molecule has 5 nitrogen and oxygen atoms in total. The third-order valence-corrected chi connectivity index (χ3v) is 5.48. The molecule has 0 aromatic heterocycles. The Morgan fingerprint density at radius 1 is 1.14 bits per heavy atom. The molecule has 0 aromatic rings. The number of nitrogens with two attached hydrogens (primary N) is 1.